The second-order valence-corrected chi connectivity index (χ2v) is 6.75. The number of nitriles is 1. The average Bonchev–Trinajstić information content (AvgIpc) is 2.82. The van der Waals surface area contributed by atoms with Gasteiger partial charge in [-0.2, -0.15) is 5.26 Å². The molecule has 0 fully saturated rings. The molecule has 0 aromatic heterocycles. The third-order valence-corrected chi connectivity index (χ3v) is 4.64. The molecule has 7 heteroatoms. The number of ether oxygens (including phenoxy) is 3. The van der Waals surface area contributed by atoms with Gasteiger partial charge >= 0.3 is 0 Å². The number of hydrogen-bond donors (Lipinski definition) is 0. The Bertz CT molecular complexity index is 1150. The molecule has 32 heavy (non-hydrogen) atoms. The van der Waals surface area contributed by atoms with Crippen molar-refractivity contribution >= 4 is 17.3 Å². The van der Waals surface area contributed by atoms with Gasteiger partial charge in [-0.15, -0.1) is 0 Å². The molecule has 3 rings (SSSR count). The summed E-state index contributed by atoms with van der Waals surface area (Å²) in [5.74, 6) is 1.82. The highest BCUT2D eigenvalue weighted by molar-refractivity contribution is 5.90. The number of methoxy groups -OCH3 is 1. The van der Waals surface area contributed by atoms with E-state index in [2.05, 4.69) is 6.07 Å². The van der Waals surface area contributed by atoms with Crippen LogP contribution < -0.4 is 14.2 Å². The maximum absolute atomic E-state index is 10.8. The molecule has 0 amide bonds. The summed E-state index contributed by atoms with van der Waals surface area (Å²) in [4.78, 5) is 10.3. The Hall–Kier alpha value is -4.31. The minimum atomic E-state index is -0.439. The predicted octanol–water partition coefficient (Wildman–Crippen LogP) is 5.65. The summed E-state index contributed by atoms with van der Waals surface area (Å²) in [7, 11) is 1.59. The lowest BCUT2D eigenvalue weighted by Gasteiger charge is -2.13. The number of nitro groups is 1. The Balaban J connectivity index is 1.80. The standard InChI is InChI=1S/C25H22N2O5/c1-3-31-25-15-19(14-21(16-26)20-7-11-23(30-2)12-8-20)6-13-24(25)32-17-18-4-9-22(10-5-18)27(28)29/h4-15H,3,17H2,1-2H3/b21-14+. The zero-order valence-corrected chi connectivity index (χ0v) is 17.8. The summed E-state index contributed by atoms with van der Waals surface area (Å²) >= 11 is 0. The van der Waals surface area contributed by atoms with E-state index in [4.69, 9.17) is 14.2 Å². The average molecular weight is 430 g/mol. The number of non-ortho nitro benzene ring substituents is 1. The van der Waals surface area contributed by atoms with Crippen LogP contribution in [0.25, 0.3) is 11.6 Å². The minimum Gasteiger partial charge on any atom is -0.497 e. The summed E-state index contributed by atoms with van der Waals surface area (Å²) < 4.78 is 16.8. The predicted molar refractivity (Wildman–Crippen MR) is 122 cm³/mol. The van der Waals surface area contributed by atoms with Gasteiger partial charge in [-0.3, -0.25) is 10.1 Å². The van der Waals surface area contributed by atoms with E-state index in [-0.39, 0.29) is 12.3 Å². The van der Waals surface area contributed by atoms with Crippen molar-refractivity contribution in [1.29, 1.82) is 5.26 Å². The minimum absolute atomic E-state index is 0.0325. The second kappa shape index (κ2) is 10.6. The molecule has 0 saturated carbocycles. The number of hydrogen-bond acceptors (Lipinski definition) is 6. The number of rotatable bonds is 9. The van der Waals surface area contributed by atoms with Crippen LogP contribution in [0.3, 0.4) is 0 Å². The van der Waals surface area contributed by atoms with Crippen molar-refractivity contribution in [2.45, 2.75) is 13.5 Å². The van der Waals surface area contributed by atoms with Crippen LogP contribution in [0.5, 0.6) is 17.2 Å². The summed E-state index contributed by atoms with van der Waals surface area (Å²) in [5, 5.41) is 20.4. The Kier molecular flexibility index (Phi) is 7.44. The topological polar surface area (TPSA) is 94.6 Å². The van der Waals surface area contributed by atoms with Gasteiger partial charge in [0.2, 0.25) is 0 Å². The van der Waals surface area contributed by atoms with Crippen LogP contribution in [-0.4, -0.2) is 18.6 Å². The van der Waals surface area contributed by atoms with E-state index in [0.717, 1.165) is 22.4 Å². The number of nitrogens with zero attached hydrogens (tertiary/aromatic N) is 2. The van der Waals surface area contributed by atoms with E-state index < -0.39 is 4.92 Å². The molecular weight excluding hydrogens is 408 g/mol. The van der Waals surface area contributed by atoms with E-state index in [1.165, 1.54) is 12.1 Å². The third kappa shape index (κ3) is 5.64. The largest absolute Gasteiger partial charge is 0.497 e. The molecule has 0 bridgehead atoms. The van der Waals surface area contributed by atoms with E-state index in [0.29, 0.717) is 23.7 Å². The SMILES string of the molecule is CCOc1cc(/C=C(\C#N)c2ccc(OC)cc2)ccc1OCc1ccc([N+](=O)[O-])cc1. The van der Waals surface area contributed by atoms with Crippen LogP contribution in [0, 0.1) is 21.4 Å². The van der Waals surface area contributed by atoms with Crippen molar-refractivity contribution in [3.8, 4) is 23.3 Å². The molecule has 0 unspecified atom stereocenters. The third-order valence-electron chi connectivity index (χ3n) is 4.64. The van der Waals surface area contributed by atoms with Crippen LogP contribution in [0.1, 0.15) is 23.6 Å². The van der Waals surface area contributed by atoms with E-state index in [9.17, 15) is 15.4 Å². The lowest BCUT2D eigenvalue weighted by Crippen LogP contribution is -2.00. The first-order chi connectivity index (χ1) is 15.5. The molecule has 0 heterocycles. The van der Waals surface area contributed by atoms with Crippen molar-refractivity contribution in [3.05, 3.63) is 93.5 Å². The Labute approximate surface area is 186 Å². The fourth-order valence-corrected chi connectivity index (χ4v) is 2.99. The summed E-state index contributed by atoms with van der Waals surface area (Å²) in [6.45, 7) is 2.56. The maximum Gasteiger partial charge on any atom is 0.269 e. The number of benzene rings is 3. The van der Waals surface area contributed by atoms with Crippen molar-refractivity contribution in [2.75, 3.05) is 13.7 Å². The van der Waals surface area contributed by atoms with E-state index >= 15 is 0 Å². The van der Waals surface area contributed by atoms with Crippen LogP contribution in [0.4, 0.5) is 5.69 Å². The lowest BCUT2D eigenvalue weighted by atomic mass is 10.0. The summed E-state index contributed by atoms with van der Waals surface area (Å²) in [5.41, 5.74) is 2.92. The Morgan fingerprint density at radius 1 is 1.03 bits per heavy atom. The molecule has 0 aliphatic heterocycles. The van der Waals surface area contributed by atoms with Crippen molar-refractivity contribution in [1.82, 2.24) is 0 Å². The smallest absolute Gasteiger partial charge is 0.269 e. The van der Waals surface area contributed by atoms with Gasteiger partial charge in [0.1, 0.15) is 12.4 Å². The Morgan fingerprint density at radius 2 is 1.75 bits per heavy atom. The first-order valence-electron chi connectivity index (χ1n) is 9.93. The van der Waals surface area contributed by atoms with Crippen LogP contribution >= 0.6 is 0 Å². The first-order valence-corrected chi connectivity index (χ1v) is 9.93. The van der Waals surface area contributed by atoms with Gasteiger partial charge in [0.15, 0.2) is 11.5 Å². The van der Waals surface area contributed by atoms with E-state index in [1.807, 2.05) is 31.2 Å². The molecule has 0 spiro atoms. The second-order valence-electron chi connectivity index (χ2n) is 6.75. The van der Waals surface area contributed by atoms with Gasteiger partial charge in [0.05, 0.1) is 30.3 Å². The molecule has 0 saturated heterocycles. The first kappa shape index (κ1) is 22.4. The molecule has 162 valence electrons. The van der Waals surface area contributed by atoms with E-state index in [1.54, 1.807) is 43.5 Å². The van der Waals surface area contributed by atoms with Crippen LogP contribution in [-0.2, 0) is 6.61 Å². The highest BCUT2D eigenvalue weighted by Gasteiger charge is 2.09. The maximum atomic E-state index is 10.8. The molecule has 0 radical (unpaired) electrons. The van der Waals surface area contributed by atoms with Crippen molar-refractivity contribution < 1.29 is 19.1 Å². The van der Waals surface area contributed by atoms with Crippen molar-refractivity contribution in [3.63, 3.8) is 0 Å². The van der Waals surface area contributed by atoms with Gasteiger partial charge in [-0.05, 0) is 78.2 Å². The zero-order chi connectivity index (χ0) is 22.9. The van der Waals surface area contributed by atoms with Gasteiger partial charge in [-0.1, -0.05) is 6.07 Å². The number of nitro benzene ring substituents is 1. The molecule has 7 nitrogen and oxygen atoms in total. The zero-order valence-electron chi connectivity index (χ0n) is 17.8. The molecule has 0 aliphatic carbocycles. The summed E-state index contributed by atoms with van der Waals surface area (Å²) in [6.07, 6.45) is 1.78. The van der Waals surface area contributed by atoms with Gasteiger partial charge in [0, 0.05) is 12.1 Å². The molecule has 0 N–H and O–H groups in total. The van der Waals surface area contributed by atoms with Crippen molar-refractivity contribution in [2.24, 2.45) is 0 Å². The highest BCUT2D eigenvalue weighted by atomic mass is 16.6. The van der Waals surface area contributed by atoms with Crippen LogP contribution in [0.2, 0.25) is 0 Å². The molecule has 3 aromatic rings. The molecule has 3 aromatic carbocycles. The normalized spacial score (nSPS) is 10.8. The van der Waals surface area contributed by atoms with Crippen LogP contribution in [0.15, 0.2) is 66.7 Å². The quantitative estimate of drug-likeness (QED) is 0.189. The molecule has 0 atom stereocenters. The molecular formula is C25H22N2O5. The monoisotopic (exact) mass is 430 g/mol. The lowest BCUT2D eigenvalue weighted by molar-refractivity contribution is -0.384. The highest BCUT2D eigenvalue weighted by Crippen LogP contribution is 2.31. The fraction of sp³-hybridized carbons (Fsp3) is 0.160. The van der Waals surface area contributed by atoms with Gasteiger partial charge in [0.25, 0.3) is 5.69 Å². The molecule has 0 aliphatic rings. The fourth-order valence-electron chi connectivity index (χ4n) is 2.99. The van der Waals surface area contributed by atoms with Gasteiger partial charge < -0.3 is 14.2 Å². The van der Waals surface area contributed by atoms with Gasteiger partial charge in [-0.25, -0.2) is 0 Å². The Morgan fingerprint density at radius 3 is 2.34 bits per heavy atom. The number of allylic oxidation sites excluding steroid dienone is 1. The summed E-state index contributed by atoms with van der Waals surface area (Å²) in [6, 6.07) is 21.1.